The van der Waals surface area contributed by atoms with E-state index < -0.39 is 17.6 Å². The minimum atomic E-state index is -4.42. The molecule has 0 aliphatic carbocycles. The first kappa shape index (κ1) is 25.3. The number of ether oxygens (including phenoxy) is 1. The van der Waals surface area contributed by atoms with E-state index in [0.29, 0.717) is 42.5 Å². The van der Waals surface area contributed by atoms with Crippen LogP contribution in [0.4, 0.5) is 40.7 Å². The lowest BCUT2D eigenvalue weighted by molar-refractivity contribution is -0.137. The lowest BCUT2D eigenvalue weighted by atomic mass is 10.2. The molecular weight excluding hydrogens is 478 g/mol. The van der Waals surface area contributed by atoms with Crippen LogP contribution >= 0.6 is 0 Å². The van der Waals surface area contributed by atoms with Gasteiger partial charge in [-0.3, -0.25) is 0 Å². The summed E-state index contributed by atoms with van der Waals surface area (Å²) in [6, 6.07) is 8.31. The number of nitrogens with one attached hydrogen (secondary N) is 2. The van der Waals surface area contributed by atoms with Crippen molar-refractivity contribution in [3.05, 3.63) is 65.4 Å². The first-order valence-corrected chi connectivity index (χ1v) is 11.3. The van der Waals surface area contributed by atoms with E-state index in [4.69, 9.17) is 4.74 Å². The number of hydrazone groups is 1. The number of nitrogens with zero attached hydrogens (tertiary/aromatic N) is 5. The third-order valence-electron chi connectivity index (χ3n) is 5.63. The highest BCUT2D eigenvalue weighted by Crippen LogP contribution is 2.31. The normalized spacial score (nSPS) is 16.4. The number of hydrogen-bond donors (Lipinski definition) is 2. The Kier molecular flexibility index (Phi) is 7.63. The summed E-state index contributed by atoms with van der Waals surface area (Å²) in [6.45, 7) is 5.25. The number of morpholine rings is 1. The van der Waals surface area contributed by atoms with Gasteiger partial charge < -0.3 is 15.0 Å². The Bertz CT molecular complexity index is 1240. The van der Waals surface area contributed by atoms with Gasteiger partial charge in [0.25, 0.3) is 0 Å². The Labute approximate surface area is 205 Å². The van der Waals surface area contributed by atoms with Gasteiger partial charge in [-0.05, 0) is 43.7 Å². The smallest absolute Gasteiger partial charge is 0.377 e. The maximum Gasteiger partial charge on any atom is 0.416 e. The second kappa shape index (κ2) is 10.9. The van der Waals surface area contributed by atoms with Crippen molar-refractivity contribution >= 4 is 29.4 Å². The number of pyridine rings is 1. The second-order valence-corrected chi connectivity index (χ2v) is 8.14. The third kappa shape index (κ3) is 6.06. The summed E-state index contributed by atoms with van der Waals surface area (Å²) in [5, 5.41) is 7.04. The number of halogens is 4. The first-order chi connectivity index (χ1) is 17.2. The molecule has 1 aliphatic heterocycles. The van der Waals surface area contributed by atoms with Crippen LogP contribution in [0.15, 0.2) is 47.7 Å². The molecule has 190 valence electrons. The van der Waals surface area contributed by atoms with E-state index >= 15 is 0 Å². The van der Waals surface area contributed by atoms with Crippen molar-refractivity contribution in [2.45, 2.75) is 32.5 Å². The summed E-state index contributed by atoms with van der Waals surface area (Å²) in [5.74, 6) is -0.202. The van der Waals surface area contributed by atoms with Crippen LogP contribution in [0.1, 0.15) is 30.3 Å². The zero-order valence-electron chi connectivity index (χ0n) is 19.7. The van der Waals surface area contributed by atoms with Gasteiger partial charge in [0.1, 0.15) is 0 Å². The molecule has 0 saturated carbocycles. The first-order valence-electron chi connectivity index (χ1n) is 11.3. The van der Waals surface area contributed by atoms with Gasteiger partial charge in [-0.1, -0.05) is 13.0 Å². The predicted molar refractivity (Wildman–Crippen MR) is 129 cm³/mol. The summed E-state index contributed by atoms with van der Waals surface area (Å²) in [7, 11) is 0. The Morgan fingerprint density at radius 3 is 2.81 bits per heavy atom. The van der Waals surface area contributed by atoms with Gasteiger partial charge >= 0.3 is 6.18 Å². The molecule has 12 heteroatoms. The molecule has 36 heavy (non-hydrogen) atoms. The van der Waals surface area contributed by atoms with E-state index in [1.807, 2.05) is 11.8 Å². The Balaban J connectivity index is 1.43. The van der Waals surface area contributed by atoms with Crippen LogP contribution in [0.3, 0.4) is 0 Å². The number of aryl methyl sites for hydroxylation is 1. The molecule has 1 fully saturated rings. The molecule has 0 amide bonds. The fourth-order valence-electron chi connectivity index (χ4n) is 3.75. The molecule has 1 aromatic carbocycles. The lowest BCUT2D eigenvalue weighted by Gasteiger charge is -2.36. The van der Waals surface area contributed by atoms with Crippen LogP contribution in [-0.2, 0) is 10.9 Å². The highest BCUT2D eigenvalue weighted by atomic mass is 19.4. The van der Waals surface area contributed by atoms with Gasteiger partial charge in [-0.25, -0.2) is 19.8 Å². The van der Waals surface area contributed by atoms with Crippen molar-refractivity contribution in [1.82, 2.24) is 15.0 Å². The standard InChI is InChI=1S/C24H25F4N7O/c1-3-19-14-36-10-9-35(19)22-20(25)13-29-23(33-22)34-30-12-18-7-8-21(15(2)31-18)32-17-6-4-5-16(11-17)24(26,27)28/h4-8,11-13,19,32H,3,9-10,14H2,1-2H3,(H,29,33,34)/b30-12+. The topological polar surface area (TPSA) is 87.6 Å². The van der Waals surface area contributed by atoms with Gasteiger partial charge in [0.2, 0.25) is 5.95 Å². The third-order valence-corrected chi connectivity index (χ3v) is 5.63. The Hall–Kier alpha value is -3.80. The largest absolute Gasteiger partial charge is 0.416 e. The van der Waals surface area contributed by atoms with Crippen molar-refractivity contribution < 1.29 is 22.3 Å². The SMILES string of the molecule is CCC1COCCN1c1nc(N/N=C/c2ccc(Nc3cccc(C(F)(F)F)c3)c(C)n2)ncc1F. The van der Waals surface area contributed by atoms with E-state index in [0.717, 1.165) is 24.8 Å². The van der Waals surface area contributed by atoms with Crippen LogP contribution in [0.25, 0.3) is 0 Å². The number of benzene rings is 1. The molecule has 2 N–H and O–H groups in total. The quantitative estimate of drug-likeness (QED) is 0.262. The molecule has 1 aliphatic rings. The Morgan fingerprint density at radius 1 is 1.22 bits per heavy atom. The van der Waals surface area contributed by atoms with Gasteiger partial charge in [-0.2, -0.15) is 23.3 Å². The molecule has 1 unspecified atom stereocenters. The number of rotatable bonds is 7. The minimum Gasteiger partial charge on any atom is -0.377 e. The molecule has 0 bridgehead atoms. The zero-order chi connectivity index (χ0) is 25.7. The number of hydrogen-bond acceptors (Lipinski definition) is 8. The molecule has 2 aromatic heterocycles. The number of alkyl halides is 3. The van der Waals surface area contributed by atoms with Crippen molar-refractivity contribution in [2.75, 3.05) is 35.4 Å². The molecule has 8 nitrogen and oxygen atoms in total. The van der Waals surface area contributed by atoms with E-state index in [2.05, 4.69) is 30.8 Å². The average molecular weight is 504 g/mol. The fourth-order valence-corrected chi connectivity index (χ4v) is 3.75. The van der Waals surface area contributed by atoms with Gasteiger partial charge in [0.05, 0.1) is 54.3 Å². The number of anilines is 4. The van der Waals surface area contributed by atoms with Crippen molar-refractivity contribution in [2.24, 2.45) is 5.10 Å². The number of aromatic nitrogens is 3. The van der Waals surface area contributed by atoms with E-state index in [-0.39, 0.29) is 17.8 Å². The summed E-state index contributed by atoms with van der Waals surface area (Å²) in [5.41, 5.74) is 3.87. The average Bonchev–Trinajstić information content (AvgIpc) is 2.86. The van der Waals surface area contributed by atoms with Crippen LogP contribution < -0.4 is 15.6 Å². The molecule has 0 spiro atoms. The molecule has 1 atom stereocenters. The van der Waals surface area contributed by atoms with Gasteiger partial charge in [0, 0.05) is 12.2 Å². The molecular formula is C24H25F4N7O. The highest BCUT2D eigenvalue weighted by molar-refractivity contribution is 5.78. The highest BCUT2D eigenvalue weighted by Gasteiger charge is 2.30. The monoisotopic (exact) mass is 503 g/mol. The fraction of sp³-hybridized carbons (Fsp3) is 0.333. The van der Waals surface area contributed by atoms with Crippen LogP contribution in [0.5, 0.6) is 0 Å². The maximum absolute atomic E-state index is 14.4. The van der Waals surface area contributed by atoms with Gasteiger partial charge in [-0.15, -0.1) is 0 Å². The zero-order valence-corrected chi connectivity index (χ0v) is 19.7. The summed E-state index contributed by atoms with van der Waals surface area (Å²) < 4.78 is 58.8. The second-order valence-electron chi connectivity index (χ2n) is 8.14. The van der Waals surface area contributed by atoms with E-state index in [1.165, 1.54) is 12.3 Å². The van der Waals surface area contributed by atoms with Crippen molar-refractivity contribution in [1.29, 1.82) is 0 Å². The molecule has 1 saturated heterocycles. The lowest BCUT2D eigenvalue weighted by Crippen LogP contribution is -2.46. The molecule has 0 radical (unpaired) electrons. The maximum atomic E-state index is 14.4. The van der Waals surface area contributed by atoms with E-state index in [9.17, 15) is 17.6 Å². The van der Waals surface area contributed by atoms with Crippen molar-refractivity contribution in [3.63, 3.8) is 0 Å². The minimum absolute atomic E-state index is 0.0229. The molecule has 3 aromatic rings. The van der Waals surface area contributed by atoms with Crippen molar-refractivity contribution in [3.8, 4) is 0 Å². The molecule has 4 rings (SSSR count). The summed E-state index contributed by atoms with van der Waals surface area (Å²) in [4.78, 5) is 14.5. The van der Waals surface area contributed by atoms with Crippen LogP contribution in [0, 0.1) is 12.7 Å². The summed E-state index contributed by atoms with van der Waals surface area (Å²) in [6.07, 6.45) is -1.10. The van der Waals surface area contributed by atoms with Crippen LogP contribution in [-0.4, -0.2) is 47.0 Å². The molecule has 3 heterocycles. The predicted octanol–water partition coefficient (Wildman–Crippen LogP) is 5.14. The van der Waals surface area contributed by atoms with E-state index in [1.54, 1.807) is 25.1 Å². The Morgan fingerprint density at radius 2 is 2.06 bits per heavy atom. The van der Waals surface area contributed by atoms with Gasteiger partial charge in [0.15, 0.2) is 11.6 Å². The van der Waals surface area contributed by atoms with Crippen LogP contribution in [0.2, 0.25) is 0 Å². The summed E-state index contributed by atoms with van der Waals surface area (Å²) >= 11 is 0.